The topological polar surface area (TPSA) is 38.3 Å². The lowest BCUT2D eigenvalue weighted by atomic mass is 10.3. The van der Waals surface area contributed by atoms with E-state index in [1.54, 1.807) is 0 Å². The lowest BCUT2D eigenvalue weighted by Gasteiger charge is -2.06. The molecule has 76 valence electrons. The summed E-state index contributed by atoms with van der Waals surface area (Å²) in [7, 11) is 0. The summed E-state index contributed by atoms with van der Waals surface area (Å²) in [5.74, 6) is -0.287. The first-order valence-electron chi connectivity index (χ1n) is 4.78. The van der Waals surface area contributed by atoms with Gasteiger partial charge in [-0.25, -0.2) is 4.79 Å². The molecule has 0 aliphatic carbocycles. The van der Waals surface area contributed by atoms with Crippen LogP contribution in [0.25, 0.3) is 0 Å². The maximum Gasteiger partial charge on any atom is 0.334 e. The second kappa shape index (κ2) is 7.80. The number of nitrogens with one attached hydrogen (secondary N) is 1. The zero-order valence-electron chi connectivity index (χ0n) is 8.56. The molecule has 0 saturated heterocycles. The Morgan fingerprint density at radius 3 is 2.62 bits per heavy atom. The van der Waals surface area contributed by atoms with Crippen LogP contribution in [0.5, 0.6) is 0 Å². The normalized spacial score (nSPS) is 9.69. The van der Waals surface area contributed by atoms with Crippen LogP contribution in [-0.4, -0.2) is 25.7 Å². The van der Waals surface area contributed by atoms with E-state index < -0.39 is 0 Å². The highest BCUT2D eigenvalue weighted by molar-refractivity contribution is 5.88. The van der Waals surface area contributed by atoms with Gasteiger partial charge in [-0.05, 0) is 19.4 Å². The minimum atomic E-state index is -0.287. The molecule has 3 nitrogen and oxygen atoms in total. The summed E-state index contributed by atoms with van der Waals surface area (Å²) in [4.78, 5) is 11.1. The minimum absolute atomic E-state index is 0.287. The van der Waals surface area contributed by atoms with Gasteiger partial charge in [-0.2, -0.15) is 0 Å². The molecule has 13 heavy (non-hydrogen) atoms. The summed E-state index contributed by atoms with van der Waals surface area (Å²) < 4.78 is 4.91. The summed E-state index contributed by atoms with van der Waals surface area (Å²) in [6.07, 6.45) is 1.90. The third-order valence-electron chi connectivity index (χ3n) is 1.49. The number of ether oxygens (including phenoxy) is 1. The minimum Gasteiger partial charge on any atom is -0.462 e. The highest BCUT2D eigenvalue weighted by Gasteiger charge is 2.06. The van der Waals surface area contributed by atoms with E-state index in [-0.39, 0.29) is 5.97 Å². The Balaban J connectivity index is 3.51. The molecule has 0 spiro atoms. The van der Waals surface area contributed by atoms with Gasteiger partial charge in [-0.3, -0.25) is 0 Å². The Hall–Kier alpha value is -0.830. The van der Waals surface area contributed by atoms with Gasteiger partial charge in [0.2, 0.25) is 0 Å². The van der Waals surface area contributed by atoms with Gasteiger partial charge in [0.1, 0.15) is 0 Å². The van der Waals surface area contributed by atoms with Gasteiger partial charge in [0.15, 0.2) is 0 Å². The molecule has 0 aliphatic rings. The third-order valence-corrected chi connectivity index (χ3v) is 1.49. The molecule has 0 rings (SSSR count). The van der Waals surface area contributed by atoms with Crippen LogP contribution in [0.1, 0.15) is 26.7 Å². The maximum atomic E-state index is 11.1. The average Bonchev–Trinajstić information content (AvgIpc) is 2.14. The lowest BCUT2D eigenvalue weighted by molar-refractivity contribution is -0.139. The SMILES string of the molecule is C=C(CNCCC)C(=O)OCCC. The van der Waals surface area contributed by atoms with Crippen molar-refractivity contribution in [1.82, 2.24) is 5.32 Å². The van der Waals surface area contributed by atoms with Crippen LogP contribution in [-0.2, 0) is 9.53 Å². The zero-order valence-corrected chi connectivity index (χ0v) is 8.56. The van der Waals surface area contributed by atoms with Crippen LogP contribution in [0.2, 0.25) is 0 Å². The van der Waals surface area contributed by atoms with E-state index in [4.69, 9.17) is 4.74 Å². The van der Waals surface area contributed by atoms with Gasteiger partial charge in [-0.1, -0.05) is 20.4 Å². The summed E-state index contributed by atoms with van der Waals surface area (Å²) in [5, 5.41) is 3.09. The molecule has 0 heterocycles. The molecule has 0 radical (unpaired) electrons. The van der Waals surface area contributed by atoms with Crippen molar-refractivity contribution in [2.75, 3.05) is 19.7 Å². The van der Waals surface area contributed by atoms with Crippen LogP contribution < -0.4 is 5.32 Å². The van der Waals surface area contributed by atoms with E-state index >= 15 is 0 Å². The molecule has 1 N–H and O–H groups in total. The molecule has 0 aliphatic heterocycles. The summed E-state index contributed by atoms with van der Waals surface area (Å²) in [6.45, 7) is 9.59. The number of hydrogen-bond acceptors (Lipinski definition) is 3. The fraction of sp³-hybridized carbons (Fsp3) is 0.700. The number of carbonyl (C=O) groups is 1. The fourth-order valence-corrected chi connectivity index (χ4v) is 0.785. The Morgan fingerprint density at radius 2 is 2.08 bits per heavy atom. The summed E-state index contributed by atoms with van der Waals surface area (Å²) in [5.41, 5.74) is 0.502. The average molecular weight is 185 g/mol. The summed E-state index contributed by atoms with van der Waals surface area (Å²) >= 11 is 0. The third kappa shape index (κ3) is 6.34. The zero-order chi connectivity index (χ0) is 10.1. The van der Waals surface area contributed by atoms with Gasteiger partial charge in [-0.15, -0.1) is 0 Å². The molecule has 0 saturated carbocycles. The first-order chi connectivity index (χ1) is 6.22. The highest BCUT2D eigenvalue weighted by atomic mass is 16.5. The Kier molecular flexibility index (Phi) is 7.30. The molecule has 3 heteroatoms. The Labute approximate surface area is 80.2 Å². The number of esters is 1. The molecule has 0 aromatic heterocycles. The largest absolute Gasteiger partial charge is 0.462 e. The smallest absolute Gasteiger partial charge is 0.334 e. The van der Waals surface area contributed by atoms with Crippen molar-refractivity contribution >= 4 is 5.97 Å². The first kappa shape index (κ1) is 12.2. The van der Waals surface area contributed by atoms with E-state index in [1.165, 1.54) is 0 Å². The second-order valence-corrected chi connectivity index (χ2v) is 2.92. The second-order valence-electron chi connectivity index (χ2n) is 2.92. The van der Waals surface area contributed by atoms with Crippen molar-refractivity contribution in [3.05, 3.63) is 12.2 Å². The van der Waals surface area contributed by atoms with Crippen molar-refractivity contribution in [3.8, 4) is 0 Å². The maximum absolute atomic E-state index is 11.1. The van der Waals surface area contributed by atoms with Crippen LogP contribution in [0.15, 0.2) is 12.2 Å². The molecule has 0 atom stereocenters. The van der Waals surface area contributed by atoms with Crippen LogP contribution in [0.3, 0.4) is 0 Å². The predicted octanol–water partition coefficient (Wildman–Crippen LogP) is 1.50. The van der Waals surface area contributed by atoms with E-state index in [0.717, 1.165) is 19.4 Å². The Bertz CT molecular complexity index is 166. The number of carbonyl (C=O) groups excluding carboxylic acids is 1. The van der Waals surface area contributed by atoms with Gasteiger partial charge in [0, 0.05) is 12.1 Å². The van der Waals surface area contributed by atoms with Gasteiger partial charge in [0.05, 0.1) is 6.61 Å². The highest BCUT2D eigenvalue weighted by Crippen LogP contribution is 1.93. The summed E-state index contributed by atoms with van der Waals surface area (Å²) in [6, 6.07) is 0. The molecule has 0 bridgehead atoms. The Morgan fingerprint density at radius 1 is 1.38 bits per heavy atom. The van der Waals surface area contributed by atoms with E-state index in [0.29, 0.717) is 18.7 Å². The van der Waals surface area contributed by atoms with Crippen molar-refractivity contribution in [3.63, 3.8) is 0 Å². The van der Waals surface area contributed by atoms with Crippen molar-refractivity contribution in [1.29, 1.82) is 0 Å². The number of rotatable bonds is 7. The fourth-order valence-electron chi connectivity index (χ4n) is 0.785. The molecule has 0 amide bonds. The monoisotopic (exact) mass is 185 g/mol. The van der Waals surface area contributed by atoms with E-state index in [9.17, 15) is 4.79 Å². The van der Waals surface area contributed by atoms with Crippen LogP contribution >= 0.6 is 0 Å². The van der Waals surface area contributed by atoms with E-state index in [2.05, 4.69) is 18.8 Å². The molecule has 0 aromatic carbocycles. The lowest BCUT2D eigenvalue weighted by Crippen LogP contribution is -2.22. The molecule has 0 unspecified atom stereocenters. The van der Waals surface area contributed by atoms with Gasteiger partial charge < -0.3 is 10.1 Å². The predicted molar refractivity (Wildman–Crippen MR) is 53.6 cm³/mol. The van der Waals surface area contributed by atoms with Crippen molar-refractivity contribution in [2.45, 2.75) is 26.7 Å². The molecule has 0 fully saturated rings. The number of hydrogen-bond donors (Lipinski definition) is 1. The van der Waals surface area contributed by atoms with Crippen molar-refractivity contribution < 1.29 is 9.53 Å². The van der Waals surface area contributed by atoms with Crippen LogP contribution in [0.4, 0.5) is 0 Å². The van der Waals surface area contributed by atoms with Gasteiger partial charge in [0.25, 0.3) is 0 Å². The van der Waals surface area contributed by atoms with Crippen molar-refractivity contribution in [2.24, 2.45) is 0 Å². The molecule has 0 aromatic rings. The molecular formula is C10H19NO2. The van der Waals surface area contributed by atoms with E-state index in [1.807, 2.05) is 6.92 Å². The van der Waals surface area contributed by atoms with Crippen LogP contribution in [0, 0.1) is 0 Å². The first-order valence-corrected chi connectivity index (χ1v) is 4.78. The molecular weight excluding hydrogens is 166 g/mol. The standard InChI is InChI=1S/C10H19NO2/c1-4-6-11-8-9(3)10(12)13-7-5-2/h11H,3-8H2,1-2H3. The quantitative estimate of drug-likeness (QED) is 0.371. The van der Waals surface area contributed by atoms with Gasteiger partial charge >= 0.3 is 5.97 Å².